The summed E-state index contributed by atoms with van der Waals surface area (Å²) in [6.45, 7) is 6.65. The topological polar surface area (TPSA) is 160 Å². The number of nitrogens with two attached hydrogens (primary N) is 2. The molecule has 0 saturated carbocycles. The van der Waals surface area contributed by atoms with Crippen LogP contribution in [0.3, 0.4) is 0 Å². The van der Waals surface area contributed by atoms with Crippen molar-refractivity contribution >= 4 is 17.0 Å². The van der Waals surface area contributed by atoms with Crippen LogP contribution in [-0.4, -0.2) is 45.5 Å². The van der Waals surface area contributed by atoms with Gasteiger partial charge in [-0.05, 0) is 94.0 Å². The Morgan fingerprint density at radius 3 is 2.49 bits per heavy atom. The summed E-state index contributed by atoms with van der Waals surface area (Å²) < 4.78 is 60.1. The third-order valence-electron chi connectivity index (χ3n) is 7.86. The highest BCUT2D eigenvalue weighted by Crippen LogP contribution is 2.35. The minimum absolute atomic E-state index is 0.0174. The Balaban J connectivity index is 1.56. The van der Waals surface area contributed by atoms with Gasteiger partial charge in [0.25, 0.3) is 0 Å². The lowest BCUT2D eigenvalue weighted by Crippen LogP contribution is -2.40. The molecule has 4 aromatic rings. The summed E-state index contributed by atoms with van der Waals surface area (Å²) in [5, 5.41) is 14.4. The molecule has 0 unspecified atom stereocenters. The van der Waals surface area contributed by atoms with Crippen LogP contribution < -0.4 is 32.5 Å². The molecule has 8 N–H and O–H groups in total. The Hall–Kier alpha value is -4.43. The minimum atomic E-state index is -5.08. The van der Waals surface area contributed by atoms with Gasteiger partial charge in [0, 0.05) is 35.3 Å². The molecule has 0 aliphatic carbocycles. The molecule has 0 aliphatic heterocycles. The van der Waals surface area contributed by atoms with Crippen molar-refractivity contribution in [1.29, 1.82) is 5.41 Å². The monoisotopic (exact) mass is 658 g/mol. The zero-order valence-corrected chi connectivity index (χ0v) is 26.7. The van der Waals surface area contributed by atoms with Gasteiger partial charge in [0.2, 0.25) is 0 Å². The first-order valence-corrected chi connectivity index (χ1v) is 15.6. The number of rotatable bonds is 15. The molecule has 2 heterocycles. The number of alkyl halides is 3. The maximum absolute atomic E-state index is 15.4. The predicted molar refractivity (Wildman–Crippen MR) is 175 cm³/mol. The molecule has 10 nitrogen and oxygen atoms in total. The third-order valence-corrected chi connectivity index (χ3v) is 7.86. The van der Waals surface area contributed by atoms with Crippen LogP contribution >= 0.6 is 0 Å². The van der Waals surface area contributed by atoms with Crippen LogP contribution in [0.5, 0.6) is 5.75 Å². The van der Waals surface area contributed by atoms with Gasteiger partial charge in [-0.1, -0.05) is 25.5 Å². The van der Waals surface area contributed by atoms with E-state index in [-0.39, 0.29) is 41.0 Å². The van der Waals surface area contributed by atoms with E-state index in [1.54, 1.807) is 18.3 Å². The molecule has 2 aromatic heterocycles. The number of aromatic amines is 1. The Morgan fingerprint density at radius 1 is 1.13 bits per heavy atom. The predicted octanol–water partition coefficient (Wildman–Crippen LogP) is 5.78. The number of hydrogen-bond acceptors (Lipinski definition) is 6. The quantitative estimate of drug-likeness (QED) is 0.0536. The summed E-state index contributed by atoms with van der Waals surface area (Å²) >= 11 is 0. The van der Waals surface area contributed by atoms with Crippen molar-refractivity contribution in [2.45, 2.75) is 83.8 Å². The average molecular weight is 659 g/mol. The molecular weight excluding hydrogens is 616 g/mol. The van der Waals surface area contributed by atoms with E-state index in [4.69, 9.17) is 16.9 Å². The first kappa shape index (κ1) is 35.4. The van der Waals surface area contributed by atoms with Gasteiger partial charge < -0.3 is 31.8 Å². The number of halogens is 4. The van der Waals surface area contributed by atoms with Gasteiger partial charge in [0.15, 0.2) is 17.5 Å². The van der Waals surface area contributed by atoms with Crippen LogP contribution in [0.4, 0.5) is 17.6 Å². The lowest BCUT2D eigenvalue weighted by molar-refractivity contribution is -0.275. The molecule has 0 spiro atoms. The van der Waals surface area contributed by atoms with Crippen molar-refractivity contribution in [1.82, 2.24) is 25.2 Å². The second kappa shape index (κ2) is 15.4. The zero-order valence-electron chi connectivity index (χ0n) is 26.7. The molecule has 2 aromatic carbocycles. The third kappa shape index (κ3) is 9.78. The van der Waals surface area contributed by atoms with Gasteiger partial charge in [-0.25, -0.2) is 9.18 Å². The van der Waals surface area contributed by atoms with E-state index in [2.05, 4.69) is 32.3 Å². The van der Waals surface area contributed by atoms with Gasteiger partial charge in [-0.3, -0.25) is 9.98 Å². The lowest BCUT2D eigenvalue weighted by atomic mass is 10.0. The second-order valence-electron chi connectivity index (χ2n) is 11.9. The summed E-state index contributed by atoms with van der Waals surface area (Å²) in [5.74, 6) is -2.16. The van der Waals surface area contributed by atoms with Crippen LogP contribution in [0.15, 0.2) is 53.5 Å². The summed E-state index contributed by atoms with van der Waals surface area (Å²) in [6, 6.07) is 11.5. The summed E-state index contributed by atoms with van der Waals surface area (Å²) in [7, 11) is 0. The fourth-order valence-electron chi connectivity index (χ4n) is 5.52. The van der Waals surface area contributed by atoms with Gasteiger partial charge in [-0.2, -0.15) is 4.98 Å². The molecule has 0 saturated heterocycles. The summed E-state index contributed by atoms with van der Waals surface area (Å²) in [4.78, 5) is 20.0. The van der Waals surface area contributed by atoms with Crippen LogP contribution in [0.2, 0.25) is 0 Å². The normalized spacial score (nSPS) is 13.8. The van der Waals surface area contributed by atoms with E-state index < -0.39 is 23.6 Å². The number of aromatic nitrogens is 3. The van der Waals surface area contributed by atoms with Crippen molar-refractivity contribution in [3.8, 4) is 22.7 Å². The molecule has 0 bridgehead atoms. The number of H-pyrrole nitrogens is 1. The first-order chi connectivity index (χ1) is 22.2. The first-order valence-electron chi connectivity index (χ1n) is 15.6. The SMILES string of the molecule is CCC[C@H](CCN[C@@H](C)c1ccc(-n2cc3cc(-c4cc(CCC[C@H](C)N)cc(OC(F)(F)F)c4F)[nH]c3nc2=O)cc1)NC(=N)N. The summed E-state index contributed by atoms with van der Waals surface area (Å²) in [6.07, 6.45) is 0.749. The van der Waals surface area contributed by atoms with Crippen molar-refractivity contribution in [3.05, 3.63) is 76.1 Å². The number of nitrogens with zero attached hydrogens (tertiary/aromatic N) is 2. The molecule has 0 aliphatic rings. The number of benzene rings is 2. The Kier molecular flexibility index (Phi) is 11.6. The number of hydrogen-bond donors (Lipinski definition) is 6. The Bertz CT molecular complexity index is 1720. The molecule has 47 heavy (non-hydrogen) atoms. The smallest absolute Gasteiger partial charge is 0.403 e. The van der Waals surface area contributed by atoms with E-state index in [1.165, 1.54) is 16.7 Å². The lowest BCUT2D eigenvalue weighted by Gasteiger charge is -2.20. The maximum Gasteiger partial charge on any atom is 0.573 e. The summed E-state index contributed by atoms with van der Waals surface area (Å²) in [5.41, 5.74) is 12.9. The van der Waals surface area contributed by atoms with E-state index in [1.807, 2.05) is 26.0 Å². The number of fused-ring (bicyclic) bond motifs is 1. The van der Waals surface area contributed by atoms with Gasteiger partial charge >= 0.3 is 12.1 Å². The maximum atomic E-state index is 15.4. The van der Waals surface area contributed by atoms with Crippen molar-refractivity contribution in [2.24, 2.45) is 11.5 Å². The highest BCUT2D eigenvalue weighted by atomic mass is 19.4. The van der Waals surface area contributed by atoms with E-state index >= 15 is 4.39 Å². The van der Waals surface area contributed by atoms with Crippen molar-refractivity contribution < 1.29 is 22.3 Å². The molecule has 4 rings (SSSR count). The molecular formula is C33H42F4N8O2. The van der Waals surface area contributed by atoms with Gasteiger partial charge in [0.1, 0.15) is 5.65 Å². The average Bonchev–Trinajstić information content (AvgIpc) is 3.39. The van der Waals surface area contributed by atoms with Crippen LogP contribution in [0.25, 0.3) is 28.0 Å². The highest BCUT2D eigenvalue weighted by molar-refractivity contribution is 5.83. The second-order valence-corrected chi connectivity index (χ2v) is 11.9. The van der Waals surface area contributed by atoms with Crippen molar-refractivity contribution in [2.75, 3.05) is 6.54 Å². The number of guanidine groups is 1. The van der Waals surface area contributed by atoms with Gasteiger partial charge in [0.05, 0.1) is 11.4 Å². The molecule has 3 atom stereocenters. The van der Waals surface area contributed by atoms with Crippen LogP contribution in [-0.2, 0) is 6.42 Å². The molecule has 14 heteroatoms. The molecule has 254 valence electrons. The number of ether oxygens (including phenoxy) is 1. The van der Waals surface area contributed by atoms with Crippen molar-refractivity contribution in [3.63, 3.8) is 0 Å². The van der Waals surface area contributed by atoms with Crippen LogP contribution in [0.1, 0.15) is 70.0 Å². The molecule has 0 radical (unpaired) electrons. The van der Waals surface area contributed by atoms with Crippen LogP contribution in [0, 0.1) is 11.2 Å². The fourth-order valence-corrected chi connectivity index (χ4v) is 5.52. The van der Waals surface area contributed by atoms with E-state index in [0.29, 0.717) is 42.4 Å². The molecule has 0 amide bonds. The minimum Gasteiger partial charge on any atom is -0.403 e. The fraction of sp³-hybridized carbons (Fsp3) is 0.424. The van der Waals surface area contributed by atoms with E-state index in [9.17, 15) is 18.0 Å². The zero-order chi connectivity index (χ0) is 34.3. The standard InChI is InChI=1S/C33H42F4N8O2/c1-4-6-24(42-31(39)40)13-14-41-20(3)22-9-11-25(12-10-22)45-18-23-17-27(43-30(23)44-32(45)46)26-15-21(8-5-7-19(2)38)16-28(29(26)34)47-33(35,36)37/h9-12,15-20,24,41H,4-8,13-14,38H2,1-3H3,(H4,39,40,42)(H,43,44,46)/t19-,20-,24+/m0/s1. The van der Waals surface area contributed by atoms with Gasteiger partial charge in [-0.15, -0.1) is 13.2 Å². The Morgan fingerprint density at radius 2 is 1.85 bits per heavy atom. The largest absolute Gasteiger partial charge is 0.573 e. The molecule has 0 fully saturated rings. The number of nitrogens with one attached hydrogen (secondary N) is 4. The van der Waals surface area contributed by atoms with E-state index in [0.717, 1.165) is 30.9 Å². The highest BCUT2D eigenvalue weighted by Gasteiger charge is 2.33. The Labute approximate surface area is 270 Å². The number of aryl methyl sites for hydroxylation is 1.